The fraction of sp³-hybridized carbons (Fsp3) is 0.714. The Hall–Kier alpha value is -1.36. The smallest absolute Gasteiger partial charge is 0.134 e. The van der Waals surface area contributed by atoms with Crippen LogP contribution in [0.3, 0.4) is 0 Å². The van der Waals surface area contributed by atoms with E-state index in [2.05, 4.69) is 46.4 Å². The molecule has 0 aromatic carbocycles. The summed E-state index contributed by atoms with van der Waals surface area (Å²) in [5, 5.41) is 6.92. The predicted molar refractivity (Wildman–Crippen MR) is 79.7 cm³/mol. The van der Waals surface area contributed by atoms with Crippen molar-refractivity contribution in [3.63, 3.8) is 0 Å². The minimum Gasteiger partial charge on any atom is -0.370 e. The van der Waals surface area contributed by atoms with Gasteiger partial charge in [-0.3, -0.25) is 0 Å². The summed E-state index contributed by atoms with van der Waals surface area (Å²) in [6, 6.07) is 0.505. The Bertz CT molecular complexity index is 407. The molecule has 1 aromatic heterocycles. The third kappa shape index (κ3) is 3.56. The summed E-state index contributed by atoms with van der Waals surface area (Å²) in [6.07, 6.45) is 4.94. The molecule has 2 N–H and O–H groups in total. The van der Waals surface area contributed by atoms with Crippen molar-refractivity contribution in [1.29, 1.82) is 0 Å². The van der Waals surface area contributed by atoms with Gasteiger partial charge < -0.3 is 15.5 Å². The van der Waals surface area contributed by atoms with Gasteiger partial charge in [0.2, 0.25) is 0 Å². The lowest BCUT2D eigenvalue weighted by atomic mass is 10.1. The van der Waals surface area contributed by atoms with Crippen LogP contribution >= 0.6 is 0 Å². The Morgan fingerprint density at radius 2 is 2.11 bits per heavy atom. The summed E-state index contributed by atoms with van der Waals surface area (Å²) in [5.41, 5.74) is 1.22. The molecular formula is C14H25N5. The van der Waals surface area contributed by atoms with Crippen LogP contribution in [0.4, 0.5) is 11.6 Å². The Kier molecular flexibility index (Phi) is 4.96. The molecule has 1 fully saturated rings. The molecule has 0 aliphatic carbocycles. The molecule has 2 heterocycles. The Morgan fingerprint density at radius 3 is 2.74 bits per heavy atom. The van der Waals surface area contributed by atoms with Crippen molar-refractivity contribution < 1.29 is 0 Å². The van der Waals surface area contributed by atoms with Crippen LogP contribution < -0.4 is 10.6 Å². The first-order valence-electron chi connectivity index (χ1n) is 7.27. The highest BCUT2D eigenvalue weighted by atomic mass is 15.2. The first-order chi connectivity index (χ1) is 9.24. The van der Waals surface area contributed by atoms with E-state index in [9.17, 15) is 0 Å². The van der Waals surface area contributed by atoms with E-state index in [1.807, 2.05) is 0 Å². The van der Waals surface area contributed by atoms with E-state index >= 15 is 0 Å². The highest BCUT2D eigenvalue weighted by Gasteiger charge is 2.21. The van der Waals surface area contributed by atoms with Gasteiger partial charge in [-0.05, 0) is 33.4 Å². The molecule has 5 nitrogen and oxygen atoms in total. The number of likely N-dealkylation sites (tertiary alicyclic amines) is 1. The molecule has 1 aliphatic rings. The van der Waals surface area contributed by atoms with Gasteiger partial charge in [-0.1, -0.05) is 13.3 Å². The number of likely N-dealkylation sites (N-methyl/N-ethyl adjacent to an activating group) is 1. The van der Waals surface area contributed by atoms with E-state index in [-0.39, 0.29) is 0 Å². The van der Waals surface area contributed by atoms with E-state index < -0.39 is 0 Å². The summed E-state index contributed by atoms with van der Waals surface area (Å²) in [4.78, 5) is 11.2. The quantitative estimate of drug-likeness (QED) is 0.822. The normalized spacial score (nSPS) is 19.6. The molecule has 1 saturated heterocycles. The van der Waals surface area contributed by atoms with Crippen LogP contribution in [-0.4, -0.2) is 47.6 Å². The molecule has 106 valence electrons. The Labute approximate surface area is 115 Å². The monoisotopic (exact) mass is 263 g/mol. The van der Waals surface area contributed by atoms with Gasteiger partial charge in [-0.15, -0.1) is 0 Å². The van der Waals surface area contributed by atoms with Crippen LogP contribution in [0, 0.1) is 0 Å². The van der Waals surface area contributed by atoms with Crippen molar-refractivity contribution >= 4 is 11.6 Å². The molecule has 0 saturated carbocycles. The van der Waals surface area contributed by atoms with Gasteiger partial charge in [0.05, 0.1) is 0 Å². The minimum absolute atomic E-state index is 0.505. The fourth-order valence-electron chi connectivity index (χ4n) is 2.59. The summed E-state index contributed by atoms with van der Waals surface area (Å²) in [5.74, 6) is 1.99. The molecular weight excluding hydrogens is 238 g/mol. The first kappa shape index (κ1) is 14.1. The van der Waals surface area contributed by atoms with Gasteiger partial charge in [-0.25, -0.2) is 9.97 Å². The number of rotatable bonds is 6. The van der Waals surface area contributed by atoms with Crippen molar-refractivity contribution in [3.05, 3.63) is 11.9 Å². The van der Waals surface area contributed by atoms with Crippen molar-refractivity contribution in [2.24, 2.45) is 0 Å². The van der Waals surface area contributed by atoms with E-state index in [0.717, 1.165) is 44.1 Å². The topological polar surface area (TPSA) is 53.1 Å². The zero-order valence-corrected chi connectivity index (χ0v) is 12.2. The molecule has 0 amide bonds. The largest absolute Gasteiger partial charge is 0.370 e. The highest BCUT2D eigenvalue weighted by Crippen LogP contribution is 2.23. The van der Waals surface area contributed by atoms with E-state index in [1.165, 1.54) is 12.0 Å². The average molecular weight is 263 g/mol. The lowest BCUT2D eigenvalue weighted by Gasteiger charge is -2.18. The molecule has 1 atom stereocenters. The van der Waals surface area contributed by atoms with Crippen LogP contribution in [0.2, 0.25) is 0 Å². The van der Waals surface area contributed by atoms with Crippen molar-refractivity contribution in [1.82, 2.24) is 14.9 Å². The van der Waals surface area contributed by atoms with Gasteiger partial charge in [-0.2, -0.15) is 0 Å². The van der Waals surface area contributed by atoms with E-state index in [0.29, 0.717) is 6.04 Å². The highest BCUT2D eigenvalue weighted by molar-refractivity contribution is 5.57. The Morgan fingerprint density at radius 1 is 1.32 bits per heavy atom. The molecule has 1 unspecified atom stereocenters. The second-order valence-corrected chi connectivity index (χ2v) is 5.22. The number of anilines is 2. The van der Waals surface area contributed by atoms with Crippen LogP contribution in [0.25, 0.3) is 0 Å². The number of hydrogen-bond donors (Lipinski definition) is 2. The molecule has 19 heavy (non-hydrogen) atoms. The van der Waals surface area contributed by atoms with Gasteiger partial charge >= 0.3 is 0 Å². The number of hydrogen-bond acceptors (Lipinski definition) is 5. The van der Waals surface area contributed by atoms with Gasteiger partial charge in [0, 0.05) is 24.7 Å². The van der Waals surface area contributed by atoms with Gasteiger partial charge in [0.25, 0.3) is 0 Å². The zero-order chi connectivity index (χ0) is 13.7. The second-order valence-electron chi connectivity index (χ2n) is 5.22. The first-order valence-corrected chi connectivity index (χ1v) is 7.27. The number of nitrogens with one attached hydrogen (secondary N) is 2. The summed E-state index contributed by atoms with van der Waals surface area (Å²) < 4.78 is 0. The molecule has 5 heteroatoms. The SMILES string of the molecule is CCCc1c(NCC)ncnc1NC1CCN(C)C1. The summed E-state index contributed by atoms with van der Waals surface area (Å²) in [6.45, 7) is 7.42. The Balaban J connectivity index is 2.15. The van der Waals surface area contributed by atoms with Crippen molar-refractivity contribution in [3.8, 4) is 0 Å². The standard InChI is InChI=1S/C14H25N5/c1-4-6-12-13(15-5-2)16-10-17-14(12)18-11-7-8-19(3)9-11/h10-11H,4-9H2,1-3H3,(H2,15,16,17,18). The van der Waals surface area contributed by atoms with Gasteiger partial charge in [0.1, 0.15) is 18.0 Å². The molecule has 0 spiro atoms. The van der Waals surface area contributed by atoms with E-state index in [1.54, 1.807) is 6.33 Å². The van der Waals surface area contributed by atoms with Crippen LogP contribution in [-0.2, 0) is 6.42 Å². The van der Waals surface area contributed by atoms with Crippen LogP contribution in [0.15, 0.2) is 6.33 Å². The average Bonchev–Trinajstić information content (AvgIpc) is 2.79. The van der Waals surface area contributed by atoms with Crippen molar-refractivity contribution in [2.45, 2.75) is 39.2 Å². The maximum Gasteiger partial charge on any atom is 0.134 e. The number of aromatic nitrogens is 2. The lowest BCUT2D eigenvalue weighted by molar-refractivity contribution is 0.414. The maximum atomic E-state index is 4.45. The summed E-state index contributed by atoms with van der Waals surface area (Å²) in [7, 11) is 2.17. The minimum atomic E-state index is 0.505. The molecule has 0 bridgehead atoms. The molecule has 0 radical (unpaired) electrons. The molecule has 1 aromatic rings. The van der Waals surface area contributed by atoms with Crippen molar-refractivity contribution in [2.75, 3.05) is 37.3 Å². The third-order valence-corrected chi connectivity index (χ3v) is 3.52. The lowest BCUT2D eigenvalue weighted by Crippen LogP contribution is -2.25. The third-order valence-electron chi connectivity index (χ3n) is 3.52. The molecule has 1 aliphatic heterocycles. The van der Waals surface area contributed by atoms with E-state index in [4.69, 9.17) is 0 Å². The fourth-order valence-corrected chi connectivity index (χ4v) is 2.59. The number of nitrogens with zero attached hydrogens (tertiary/aromatic N) is 3. The molecule has 2 rings (SSSR count). The van der Waals surface area contributed by atoms with Crippen LogP contribution in [0.5, 0.6) is 0 Å². The predicted octanol–water partition coefficient (Wildman–Crippen LogP) is 1.98. The summed E-state index contributed by atoms with van der Waals surface area (Å²) >= 11 is 0. The van der Waals surface area contributed by atoms with Gasteiger partial charge in [0.15, 0.2) is 0 Å². The van der Waals surface area contributed by atoms with Crippen LogP contribution in [0.1, 0.15) is 32.3 Å². The maximum absolute atomic E-state index is 4.45. The zero-order valence-electron chi connectivity index (χ0n) is 12.2. The second kappa shape index (κ2) is 6.70.